The van der Waals surface area contributed by atoms with Crippen LogP contribution in [0, 0.1) is 11.3 Å². The van der Waals surface area contributed by atoms with Crippen LogP contribution in [0.2, 0.25) is 0 Å². The molecule has 32 heavy (non-hydrogen) atoms. The summed E-state index contributed by atoms with van der Waals surface area (Å²) in [5.74, 6) is 0.522. The molecule has 2 atom stereocenters. The molecule has 0 radical (unpaired) electrons. The minimum absolute atomic E-state index is 0.0193. The Bertz CT molecular complexity index is 1020. The van der Waals surface area contributed by atoms with E-state index in [1.807, 2.05) is 4.90 Å². The number of carbonyl (C=O) groups is 1. The number of hydrogen-bond acceptors (Lipinski definition) is 2. The summed E-state index contributed by atoms with van der Waals surface area (Å²) in [5, 5.41) is 10.5. The molecular weight excluding hydrogens is 396 g/mol. The lowest BCUT2D eigenvalue weighted by Gasteiger charge is -2.52. The molecule has 1 spiro atoms. The standard InChI is InChI=1S/C28H34N2O2/c1-2-19-3-5-20(6-4-19)22-7-8-24-23(17-22)9-12-28(13-14-28)26(24)30(27(31)32)25-18-29-15-10-21(25)11-16-29/h3-8,17,21,25-26H,2,9-16,18H2,1H3,(H,31,32)/t25-,26?/m1/s1. The fourth-order valence-corrected chi connectivity index (χ4v) is 6.87. The molecule has 1 amide bonds. The second-order valence-electron chi connectivity index (χ2n) is 10.6. The van der Waals surface area contributed by atoms with Gasteiger partial charge in [-0.15, -0.1) is 0 Å². The van der Waals surface area contributed by atoms with Crippen molar-refractivity contribution in [3.63, 3.8) is 0 Å². The lowest BCUT2D eigenvalue weighted by Crippen LogP contribution is -2.60. The van der Waals surface area contributed by atoms with Crippen molar-refractivity contribution in [2.45, 2.75) is 64.0 Å². The quantitative estimate of drug-likeness (QED) is 0.671. The van der Waals surface area contributed by atoms with Crippen molar-refractivity contribution in [3.05, 3.63) is 59.2 Å². The van der Waals surface area contributed by atoms with Crippen molar-refractivity contribution >= 4 is 6.09 Å². The number of nitrogens with zero attached hydrogens (tertiary/aromatic N) is 2. The zero-order chi connectivity index (χ0) is 21.9. The third-order valence-electron chi connectivity index (χ3n) is 8.98. The lowest BCUT2D eigenvalue weighted by molar-refractivity contribution is -0.0243. The topological polar surface area (TPSA) is 43.8 Å². The van der Waals surface area contributed by atoms with Gasteiger partial charge in [-0.3, -0.25) is 4.90 Å². The second kappa shape index (κ2) is 7.62. The molecule has 7 rings (SSSR count). The van der Waals surface area contributed by atoms with E-state index in [1.54, 1.807) is 0 Å². The number of carboxylic acid groups (broad SMARTS) is 1. The summed E-state index contributed by atoms with van der Waals surface area (Å²) in [6.45, 7) is 5.38. The molecule has 2 aromatic carbocycles. The van der Waals surface area contributed by atoms with Crippen LogP contribution in [0.1, 0.15) is 61.8 Å². The van der Waals surface area contributed by atoms with Gasteiger partial charge in [-0.05, 0) is 97.2 Å². The molecule has 2 aliphatic carbocycles. The van der Waals surface area contributed by atoms with Crippen molar-refractivity contribution < 1.29 is 9.90 Å². The molecule has 0 aromatic heterocycles. The highest BCUT2D eigenvalue weighted by molar-refractivity contribution is 5.69. The molecule has 1 saturated carbocycles. The molecule has 168 valence electrons. The fraction of sp³-hybridized carbons (Fsp3) is 0.536. The highest BCUT2D eigenvalue weighted by atomic mass is 16.4. The van der Waals surface area contributed by atoms with Gasteiger partial charge in [0, 0.05) is 6.54 Å². The smallest absolute Gasteiger partial charge is 0.408 e. The van der Waals surface area contributed by atoms with E-state index in [0.29, 0.717) is 5.92 Å². The summed E-state index contributed by atoms with van der Waals surface area (Å²) in [6.07, 6.45) is 7.16. The van der Waals surface area contributed by atoms with Crippen molar-refractivity contribution in [3.8, 4) is 11.1 Å². The van der Waals surface area contributed by atoms with Crippen LogP contribution in [0.4, 0.5) is 4.79 Å². The van der Waals surface area contributed by atoms with E-state index in [4.69, 9.17) is 0 Å². The molecule has 1 unspecified atom stereocenters. The first-order chi connectivity index (χ1) is 15.6. The van der Waals surface area contributed by atoms with E-state index < -0.39 is 6.09 Å². The fourth-order valence-electron chi connectivity index (χ4n) is 6.87. The highest BCUT2D eigenvalue weighted by Gasteiger charge is 2.57. The first-order valence-electron chi connectivity index (χ1n) is 12.5. The summed E-state index contributed by atoms with van der Waals surface area (Å²) in [4.78, 5) is 17.2. The van der Waals surface area contributed by atoms with Gasteiger partial charge in [-0.2, -0.15) is 0 Å². The maximum Gasteiger partial charge on any atom is 0.408 e. The molecule has 3 saturated heterocycles. The van der Waals surface area contributed by atoms with Gasteiger partial charge in [0.1, 0.15) is 0 Å². The van der Waals surface area contributed by atoms with Crippen LogP contribution in [0.3, 0.4) is 0 Å². The molecule has 2 bridgehead atoms. The average molecular weight is 431 g/mol. The predicted molar refractivity (Wildman–Crippen MR) is 127 cm³/mol. The number of rotatable bonds is 4. The number of piperidine rings is 3. The van der Waals surface area contributed by atoms with Crippen LogP contribution in [-0.2, 0) is 12.8 Å². The summed E-state index contributed by atoms with van der Waals surface area (Å²) in [7, 11) is 0. The molecule has 5 aliphatic rings. The molecule has 1 N–H and O–H groups in total. The van der Waals surface area contributed by atoms with Gasteiger partial charge in [0.2, 0.25) is 0 Å². The summed E-state index contributed by atoms with van der Waals surface area (Å²) in [5.41, 5.74) is 6.67. The summed E-state index contributed by atoms with van der Waals surface area (Å²) in [6, 6.07) is 15.9. The van der Waals surface area contributed by atoms with Crippen LogP contribution in [0.25, 0.3) is 11.1 Å². The minimum atomic E-state index is -0.716. The Hall–Kier alpha value is -2.33. The van der Waals surface area contributed by atoms with Crippen LogP contribution >= 0.6 is 0 Å². The highest BCUT2D eigenvalue weighted by Crippen LogP contribution is 2.63. The largest absolute Gasteiger partial charge is 0.465 e. The van der Waals surface area contributed by atoms with Crippen molar-refractivity contribution in [1.29, 1.82) is 0 Å². The molecule has 3 heterocycles. The summed E-state index contributed by atoms with van der Waals surface area (Å²) < 4.78 is 0. The van der Waals surface area contributed by atoms with Gasteiger partial charge in [0.15, 0.2) is 0 Å². The number of fused-ring (bicyclic) bond motifs is 4. The predicted octanol–water partition coefficient (Wildman–Crippen LogP) is 5.76. The van der Waals surface area contributed by atoms with Crippen molar-refractivity contribution in [1.82, 2.24) is 9.80 Å². The number of aryl methyl sites for hydroxylation is 2. The monoisotopic (exact) mass is 430 g/mol. The molecule has 2 aromatic rings. The van der Waals surface area contributed by atoms with Crippen LogP contribution in [0.15, 0.2) is 42.5 Å². The first-order valence-corrected chi connectivity index (χ1v) is 12.5. The van der Waals surface area contributed by atoms with Gasteiger partial charge in [-0.25, -0.2) is 4.79 Å². The number of hydrogen-bond donors (Lipinski definition) is 1. The van der Waals surface area contributed by atoms with Crippen molar-refractivity contribution in [2.24, 2.45) is 11.3 Å². The molecular formula is C28H34N2O2. The average Bonchev–Trinajstić information content (AvgIpc) is 3.61. The SMILES string of the molecule is CCc1ccc(-c2ccc3c(c2)CCC2(CC2)C3N(C(=O)O)[C@@H]2CN3CCC2CC3)cc1. The second-order valence-corrected chi connectivity index (χ2v) is 10.6. The maximum atomic E-state index is 12.8. The van der Waals surface area contributed by atoms with Gasteiger partial charge < -0.3 is 10.0 Å². The third kappa shape index (κ3) is 3.26. The van der Waals surface area contributed by atoms with E-state index in [-0.39, 0.29) is 17.5 Å². The number of amides is 1. The Labute approximate surface area is 191 Å². The van der Waals surface area contributed by atoms with E-state index >= 15 is 0 Å². The van der Waals surface area contributed by atoms with Crippen LogP contribution < -0.4 is 0 Å². The van der Waals surface area contributed by atoms with E-state index in [9.17, 15) is 9.90 Å². The third-order valence-corrected chi connectivity index (χ3v) is 8.98. The summed E-state index contributed by atoms with van der Waals surface area (Å²) >= 11 is 0. The Morgan fingerprint density at radius 2 is 1.78 bits per heavy atom. The molecule has 4 nitrogen and oxygen atoms in total. The minimum Gasteiger partial charge on any atom is -0.465 e. The normalized spacial score (nSPS) is 29.5. The van der Waals surface area contributed by atoms with Gasteiger partial charge >= 0.3 is 6.09 Å². The first kappa shape index (κ1) is 20.3. The Kier molecular flexibility index (Phi) is 4.83. The van der Waals surface area contributed by atoms with Gasteiger partial charge in [0.05, 0.1) is 12.1 Å². The van der Waals surface area contributed by atoms with Crippen LogP contribution in [-0.4, -0.2) is 46.7 Å². The van der Waals surface area contributed by atoms with E-state index in [0.717, 1.165) is 51.7 Å². The number of benzene rings is 2. The van der Waals surface area contributed by atoms with Crippen LogP contribution in [0.5, 0.6) is 0 Å². The molecule has 3 aliphatic heterocycles. The lowest BCUT2D eigenvalue weighted by atomic mass is 9.73. The van der Waals surface area contributed by atoms with Crippen molar-refractivity contribution in [2.75, 3.05) is 19.6 Å². The van der Waals surface area contributed by atoms with E-state index in [2.05, 4.69) is 54.3 Å². The zero-order valence-corrected chi connectivity index (χ0v) is 19.1. The molecule has 4 fully saturated rings. The maximum absolute atomic E-state index is 12.8. The Balaban J connectivity index is 1.38. The zero-order valence-electron chi connectivity index (χ0n) is 19.1. The van der Waals surface area contributed by atoms with Gasteiger partial charge in [0.25, 0.3) is 0 Å². The van der Waals surface area contributed by atoms with E-state index in [1.165, 1.54) is 40.7 Å². The van der Waals surface area contributed by atoms with Gasteiger partial charge in [-0.1, -0.05) is 49.4 Å². The Morgan fingerprint density at radius 3 is 2.38 bits per heavy atom. The Morgan fingerprint density at radius 1 is 1.06 bits per heavy atom. The molecule has 4 heteroatoms.